The van der Waals surface area contributed by atoms with Gasteiger partial charge in [-0.1, -0.05) is 52.0 Å². The molecule has 1 aliphatic carbocycles. The molecule has 39 heavy (non-hydrogen) atoms. The van der Waals surface area contributed by atoms with E-state index in [0.717, 1.165) is 65.9 Å². The highest BCUT2D eigenvalue weighted by Gasteiger charge is 2.22. The van der Waals surface area contributed by atoms with Gasteiger partial charge >= 0.3 is 0 Å². The van der Waals surface area contributed by atoms with Gasteiger partial charge in [-0.15, -0.1) is 5.10 Å². The number of aryl methyl sites for hydroxylation is 2. The van der Waals surface area contributed by atoms with Gasteiger partial charge in [0.1, 0.15) is 17.4 Å². The van der Waals surface area contributed by atoms with E-state index in [-0.39, 0.29) is 11.7 Å². The van der Waals surface area contributed by atoms with Gasteiger partial charge in [0.25, 0.3) is 5.91 Å². The first-order valence-electron chi connectivity index (χ1n) is 14.5. The number of anilines is 1. The van der Waals surface area contributed by atoms with Gasteiger partial charge in [-0.3, -0.25) is 9.89 Å². The van der Waals surface area contributed by atoms with Gasteiger partial charge in [0, 0.05) is 12.6 Å². The van der Waals surface area contributed by atoms with Gasteiger partial charge in [0.2, 0.25) is 5.82 Å². The van der Waals surface area contributed by atoms with E-state index in [1.807, 2.05) is 45.0 Å². The minimum absolute atomic E-state index is 0.134. The van der Waals surface area contributed by atoms with E-state index in [9.17, 15) is 9.90 Å². The van der Waals surface area contributed by atoms with E-state index in [1.54, 1.807) is 6.20 Å². The van der Waals surface area contributed by atoms with Crippen molar-refractivity contribution in [1.29, 1.82) is 0 Å². The van der Waals surface area contributed by atoms with Crippen LogP contribution in [0.4, 0.5) is 5.82 Å². The zero-order valence-corrected chi connectivity index (χ0v) is 23.8. The molecule has 0 atom stereocenters. The molecule has 1 fully saturated rings. The zero-order valence-electron chi connectivity index (χ0n) is 23.8. The van der Waals surface area contributed by atoms with E-state index in [2.05, 4.69) is 32.4 Å². The lowest BCUT2D eigenvalue weighted by Crippen LogP contribution is -2.26. The third-order valence-electron chi connectivity index (χ3n) is 8.16. The summed E-state index contributed by atoms with van der Waals surface area (Å²) in [5.74, 6) is 2.36. The number of rotatable bonds is 12. The van der Waals surface area contributed by atoms with E-state index in [0.29, 0.717) is 18.3 Å². The van der Waals surface area contributed by atoms with Crippen LogP contribution in [0.5, 0.6) is 5.75 Å². The first kappa shape index (κ1) is 28.7. The molecule has 1 saturated carbocycles. The van der Waals surface area contributed by atoms with Crippen molar-refractivity contribution in [2.45, 2.75) is 97.5 Å². The lowest BCUT2D eigenvalue weighted by molar-refractivity contribution is 0.0185. The number of ether oxygens (including phenoxy) is 1. The molecule has 1 amide bonds. The lowest BCUT2D eigenvalue weighted by Gasteiger charge is -2.25. The van der Waals surface area contributed by atoms with E-state index in [4.69, 9.17) is 4.74 Å². The number of carbonyl (C=O) groups is 1. The molecule has 3 aromatic rings. The fourth-order valence-corrected chi connectivity index (χ4v) is 5.38. The highest BCUT2D eigenvalue weighted by molar-refractivity contribution is 6.01. The molecule has 2 aromatic heterocycles. The number of aromatic amines is 1. The van der Waals surface area contributed by atoms with Crippen molar-refractivity contribution in [3.8, 4) is 16.9 Å². The van der Waals surface area contributed by atoms with Crippen molar-refractivity contribution in [3.63, 3.8) is 0 Å². The first-order valence-corrected chi connectivity index (χ1v) is 14.5. The Labute approximate surface area is 232 Å². The summed E-state index contributed by atoms with van der Waals surface area (Å²) in [5.41, 5.74) is 3.48. The number of aliphatic hydroxyl groups is 1. The van der Waals surface area contributed by atoms with Crippen molar-refractivity contribution in [1.82, 2.24) is 20.2 Å². The quantitative estimate of drug-likeness (QED) is 0.227. The molecule has 0 unspecified atom stereocenters. The van der Waals surface area contributed by atoms with Crippen molar-refractivity contribution < 1.29 is 14.6 Å². The smallest absolute Gasteiger partial charge is 0.296 e. The molecule has 1 aliphatic rings. The van der Waals surface area contributed by atoms with Gasteiger partial charge in [-0.05, 0) is 85.9 Å². The number of hydrogen-bond acceptors (Lipinski definition) is 6. The average Bonchev–Trinajstić information content (AvgIpc) is 3.42. The van der Waals surface area contributed by atoms with Gasteiger partial charge in [-0.25, -0.2) is 9.97 Å². The molecule has 2 heterocycles. The van der Waals surface area contributed by atoms with Crippen molar-refractivity contribution in [2.75, 3.05) is 11.9 Å². The maximum Gasteiger partial charge on any atom is 0.296 e. The number of benzene rings is 1. The SMILES string of the molecule is CCC(O)(CC)CCCOc1ccc(C)c(-c2cc(NC(=O)c3n[nH]c(CC4CCCCC4)n3)ncc2C)c1. The van der Waals surface area contributed by atoms with Gasteiger partial charge in [0.05, 0.1) is 12.2 Å². The van der Waals surface area contributed by atoms with Crippen LogP contribution in [0, 0.1) is 19.8 Å². The summed E-state index contributed by atoms with van der Waals surface area (Å²) in [6.45, 7) is 8.64. The third kappa shape index (κ3) is 7.66. The third-order valence-corrected chi connectivity index (χ3v) is 8.16. The molecule has 1 aromatic carbocycles. The second-order valence-electron chi connectivity index (χ2n) is 11.0. The molecule has 0 aliphatic heterocycles. The molecule has 0 bridgehead atoms. The number of amides is 1. The summed E-state index contributed by atoms with van der Waals surface area (Å²) in [4.78, 5) is 21.8. The van der Waals surface area contributed by atoms with Crippen LogP contribution in [0.25, 0.3) is 11.1 Å². The van der Waals surface area contributed by atoms with Gasteiger partial charge < -0.3 is 15.2 Å². The molecule has 210 valence electrons. The number of H-pyrrole nitrogens is 1. The summed E-state index contributed by atoms with van der Waals surface area (Å²) >= 11 is 0. The predicted molar refractivity (Wildman–Crippen MR) is 154 cm³/mol. The number of pyridine rings is 1. The van der Waals surface area contributed by atoms with Crippen LogP contribution in [0.1, 0.15) is 99.2 Å². The van der Waals surface area contributed by atoms with Crippen LogP contribution in [0.3, 0.4) is 0 Å². The van der Waals surface area contributed by atoms with E-state index in [1.165, 1.54) is 32.1 Å². The van der Waals surface area contributed by atoms with Crippen LogP contribution in [0.15, 0.2) is 30.5 Å². The largest absolute Gasteiger partial charge is 0.494 e. The van der Waals surface area contributed by atoms with Crippen LogP contribution in [-0.4, -0.2) is 43.4 Å². The fourth-order valence-electron chi connectivity index (χ4n) is 5.38. The summed E-state index contributed by atoms with van der Waals surface area (Å²) in [7, 11) is 0. The Bertz CT molecular complexity index is 1240. The Hall–Kier alpha value is -3.26. The minimum atomic E-state index is -0.612. The maximum atomic E-state index is 12.9. The number of aromatic nitrogens is 4. The monoisotopic (exact) mass is 533 g/mol. The second kappa shape index (κ2) is 13.2. The fraction of sp³-hybridized carbons (Fsp3) is 0.548. The summed E-state index contributed by atoms with van der Waals surface area (Å²) in [6.07, 6.45) is 11.9. The van der Waals surface area contributed by atoms with Crippen LogP contribution >= 0.6 is 0 Å². The number of nitrogens with zero attached hydrogens (tertiary/aromatic N) is 3. The summed E-state index contributed by atoms with van der Waals surface area (Å²) < 4.78 is 6.04. The Morgan fingerprint density at radius 2 is 1.85 bits per heavy atom. The molecule has 3 N–H and O–H groups in total. The molecule has 0 radical (unpaired) electrons. The van der Waals surface area contributed by atoms with Crippen molar-refractivity contribution in [2.24, 2.45) is 5.92 Å². The van der Waals surface area contributed by atoms with Gasteiger partial charge in [0.15, 0.2) is 0 Å². The van der Waals surface area contributed by atoms with E-state index >= 15 is 0 Å². The standard InChI is InChI=1S/C31H43N5O3/c1-5-31(38,6-2)15-10-16-39-24-14-13-21(3)25(18-24)26-19-27(32-20-22(26)4)34-30(37)29-33-28(35-36-29)17-23-11-8-7-9-12-23/h13-14,18-20,23,38H,5-12,15-17H2,1-4H3,(H,32,34,37)(H,33,35,36). The number of nitrogens with one attached hydrogen (secondary N) is 2. The molecule has 8 nitrogen and oxygen atoms in total. The van der Waals surface area contributed by atoms with Crippen LogP contribution in [-0.2, 0) is 6.42 Å². The predicted octanol–water partition coefficient (Wildman–Crippen LogP) is 6.57. The molecule has 8 heteroatoms. The Balaban J connectivity index is 1.41. The highest BCUT2D eigenvalue weighted by Crippen LogP contribution is 2.32. The first-order chi connectivity index (χ1) is 18.8. The Kier molecular flexibility index (Phi) is 9.73. The molecule has 4 rings (SSSR count). The Morgan fingerprint density at radius 1 is 1.10 bits per heavy atom. The van der Waals surface area contributed by atoms with Crippen molar-refractivity contribution >= 4 is 11.7 Å². The lowest BCUT2D eigenvalue weighted by atomic mass is 9.87. The van der Waals surface area contributed by atoms with Crippen LogP contribution in [0.2, 0.25) is 0 Å². The zero-order chi connectivity index (χ0) is 27.8. The second-order valence-corrected chi connectivity index (χ2v) is 11.0. The average molecular weight is 534 g/mol. The normalized spacial score (nSPS) is 14.4. The Morgan fingerprint density at radius 3 is 2.59 bits per heavy atom. The highest BCUT2D eigenvalue weighted by atomic mass is 16.5. The molecular weight excluding hydrogens is 490 g/mol. The summed E-state index contributed by atoms with van der Waals surface area (Å²) in [5, 5.41) is 20.5. The minimum Gasteiger partial charge on any atom is -0.494 e. The number of carbonyl (C=O) groups excluding carboxylic acids is 1. The molecule has 0 saturated heterocycles. The van der Waals surface area contributed by atoms with E-state index < -0.39 is 5.60 Å². The van der Waals surface area contributed by atoms with Crippen LogP contribution < -0.4 is 10.1 Å². The van der Waals surface area contributed by atoms with Gasteiger partial charge in [-0.2, -0.15) is 0 Å². The topological polar surface area (TPSA) is 113 Å². The maximum absolute atomic E-state index is 12.9. The summed E-state index contributed by atoms with van der Waals surface area (Å²) in [6, 6.07) is 7.93. The number of hydrogen-bond donors (Lipinski definition) is 3. The molecule has 0 spiro atoms. The van der Waals surface area contributed by atoms with Crippen molar-refractivity contribution in [3.05, 3.63) is 53.2 Å². The molecular formula is C31H43N5O3.